The Morgan fingerprint density at radius 3 is 2.07 bits per heavy atom. The molecular weight excluding hydrogens is 360 g/mol. The number of rotatable bonds is 6. The molecule has 1 aromatic carbocycles. The summed E-state index contributed by atoms with van der Waals surface area (Å²) in [7, 11) is 0. The van der Waals surface area contributed by atoms with E-state index in [9.17, 15) is 24.6 Å². The fraction of sp³-hybridized carbons (Fsp3) is 0.571. The highest BCUT2D eigenvalue weighted by Crippen LogP contribution is 2.68. The van der Waals surface area contributed by atoms with Crippen LogP contribution in [-0.4, -0.2) is 64.0 Å². The van der Waals surface area contributed by atoms with E-state index in [1.54, 1.807) is 0 Å². The lowest BCUT2D eigenvalue weighted by molar-refractivity contribution is -0.151. The van der Waals surface area contributed by atoms with E-state index in [1.807, 2.05) is 18.2 Å². The number of carboxylic acids is 2. The molecule has 28 heavy (non-hydrogen) atoms. The molecule has 0 radical (unpaired) electrons. The summed E-state index contributed by atoms with van der Waals surface area (Å²) in [6.45, 7) is 2.84. The van der Waals surface area contributed by atoms with E-state index in [1.165, 1.54) is 10.5 Å². The number of carboxylic acid groups (broad SMARTS) is 2. The van der Waals surface area contributed by atoms with Crippen molar-refractivity contribution < 1.29 is 24.6 Å². The number of likely N-dealkylation sites (tertiary alicyclic amines) is 2. The summed E-state index contributed by atoms with van der Waals surface area (Å²) in [5, 5.41) is 19.0. The summed E-state index contributed by atoms with van der Waals surface area (Å²) in [5.74, 6) is -2.02. The van der Waals surface area contributed by atoms with Crippen LogP contribution in [0.25, 0.3) is 0 Å². The van der Waals surface area contributed by atoms with Gasteiger partial charge in [-0.25, -0.2) is 0 Å². The number of benzene rings is 1. The summed E-state index contributed by atoms with van der Waals surface area (Å²) in [4.78, 5) is 39.8. The molecule has 3 aliphatic rings. The Bertz CT molecular complexity index is 761. The smallest absolute Gasteiger partial charge is 0.312 e. The molecule has 150 valence electrons. The largest absolute Gasteiger partial charge is 0.481 e. The van der Waals surface area contributed by atoms with Crippen LogP contribution in [0.5, 0.6) is 0 Å². The molecule has 0 spiro atoms. The maximum absolute atomic E-state index is 12.7. The summed E-state index contributed by atoms with van der Waals surface area (Å²) >= 11 is 0. The first kappa shape index (κ1) is 18.9. The van der Waals surface area contributed by atoms with Crippen molar-refractivity contribution in [3.63, 3.8) is 0 Å². The van der Waals surface area contributed by atoms with Crippen molar-refractivity contribution >= 4 is 17.8 Å². The van der Waals surface area contributed by atoms with E-state index < -0.39 is 22.8 Å². The first-order valence-electron chi connectivity index (χ1n) is 9.87. The molecule has 2 aliphatic heterocycles. The number of nitrogens with zero attached hydrogens (tertiary/aromatic N) is 2. The lowest BCUT2D eigenvalue weighted by Gasteiger charge is -2.32. The number of carbonyl (C=O) groups excluding carboxylic acids is 1. The number of amides is 1. The van der Waals surface area contributed by atoms with E-state index in [0.29, 0.717) is 6.42 Å². The Morgan fingerprint density at radius 1 is 0.964 bits per heavy atom. The van der Waals surface area contributed by atoms with Gasteiger partial charge in [0.2, 0.25) is 5.91 Å². The van der Waals surface area contributed by atoms with Crippen molar-refractivity contribution in [2.45, 2.75) is 32.2 Å². The standard InChI is InChI=1S/C21H26N2O5/c24-17(23-13-20(18(25)26)12-21(20,14-23)19(27)28)10-15-6-8-22(9-7-15)11-16-4-2-1-3-5-16/h1-5,15H,6-14H2,(H,25,26)(H,27,28)/t20-,21+. The van der Waals surface area contributed by atoms with Crippen LogP contribution in [-0.2, 0) is 20.9 Å². The number of hydrogen-bond donors (Lipinski definition) is 2. The lowest BCUT2D eigenvalue weighted by atomic mass is 9.92. The fourth-order valence-electron chi connectivity index (χ4n) is 5.03. The molecule has 1 aliphatic carbocycles. The molecule has 2 saturated heterocycles. The summed E-state index contributed by atoms with van der Waals surface area (Å²) in [6, 6.07) is 10.3. The SMILES string of the molecule is O=C(CC1CCN(Cc2ccccc2)CC1)N1C[C@@]2(C(=O)O)C[C@@]2(C(=O)O)C1. The lowest BCUT2D eigenvalue weighted by Crippen LogP contribution is -2.38. The van der Waals surface area contributed by atoms with Crippen LogP contribution in [0.2, 0.25) is 0 Å². The van der Waals surface area contributed by atoms with E-state index in [2.05, 4.69) is 17.0 Å². The van der Waals surface area contributed by atoms with Gasteiger partial charge in [-0.2, -0.15) is 0 Å². The number of hydrogen-bond acceptors (Lipinski definition) is 4. The molecule has 4 rings (SSSR count). The van der Waals surface area contributed by atoms with Crippen LogP contribution in [0.1, 0.15) is 31.2 Å². The molecule has 7 heteroatoms. The van der Waals surface area contributed by atoms with Gasteiger partial charge in [0.25, 0.3) is 0 Å². The number of aliphatic carboxylic acids is 2. The van der Waals surface area contributed by atoms with Crippen molar-refractivity contribution in [3.05, 3.63) is 35.9 Å². The average molecular weight is 386 g/mol. The molecule has 0 aromatic heterocycles. The molecular formula is C21H26N2O5. The first-order valence-corrected chi connectivity index (χ1v) is 9.87. The number of fused-ring (bicyclic) bond motifs is 1. The Labute approximate surface area is 163 Å². The van der Waals surface area contributed by atoms with Crippen LogP contribution in [0.4, 0.5) is 0 Å². The van der Waals surface area contributed by atoms with Gasteiger partial charge in [0.15, 0.2) is 0 Å². The monoisotopic (exact) mass is 386 g/mol. The highest BCUT2D eigenvalue weighted by atomic mass is 16.4. The van der Waals surface area contributed by atoms with Crippen molar-refractivity contribution in [3.8, 4) is 0 Å². The zero-order valence-electron chi connectivity index (χ0n) is 15.8. The zero-order chi connectivity index (χ0) is 19.9. The van der Waals surface area contributed by atoms with Crippen LogP contribution < -0.4 is 0 Å². The van der Waals surface area contributed by atoms with Gasteiger partial charge in [0, 0.05) is 26.1 Å². The average Bonchev–Trinajstić information content (AvgIpc) is 3.22. The third-order valence-corrected chi connectivity index (χ3v) is 6.91. The van der Waals surface area contributed by atoms with Gasteiger partial charge >= 0.3 is 11.9 Å². The zero-order valence-corrected chi connectivity index (χ0v) is 15.8. The van der Waals surface area contributed by atoms with E-state index in [4.69, 9.17) is 0 Å². The van der Waals surface area contributed by atoms with E-state index in [-0.39, 0.29) is 31.3 Å². The maximum Gasteiger partial charge on any atom is 0.312 e. The minimum absolute atomic E-state index is 0.0281. The maximum atomic E-state index is 12.7. The quantitative estimate of drug-likeness (QED) is 0.772. The molecule has 1 amide bonds. The Balaban J connectivity index is 1.29. The molecule has 3 fully saturated rings. The normalized spacial score (nSPS) is 30.1. The van der Waals surface area contributed by atoms with Gasteiger partial charge in [-0.05, 0) is 43.8 Å². The third-order valence-electron chi connectivity index (χ3n) is 6.91. The molecule has 0 bridgehead atoms. The topological polar surface area (TPSA) is 98.2 Å². The molecule has 0 unspecified atom stereocenters. The number of piperidine rings is 2. The Morgan fingerprint density at radius 2 is 1.54 bits per heavy atom. The first-order chi connectivity index (χ1) is 13.4. The van der Waals surface area contributed by atoms with Crippen molar-refractivity contribution in [2.24, 2.45) is 16.7 Å². The van der Waals surface area contributed by atoms with E-state index in [0.717, 1.165) is 32.5 Å². The van der Waals surface area contributed by atoms with Crippen LogP contribution in [0.3, 0.4) is 0 Å². The molecule has 2 atom stereocenters. The van der Waals surface area contributed by atoms with Crippen molar-refractivity contribution in [2.75, 3.05) is 26.2 Å². The highest BCUT2D eigenvalue weighted by Gasteiger charge is 2.81. The van der Waals surface area contributed by atoms with Gasteiger partial charge in [-0.15, -0.1) is 0 Å². The second kappa shape index (κ2) is 6.88. The Kier molecular flexibility index (Phi) is 4.65. The van der Waals surface area contributed by atoms with E-state index >= 15 is 0 Å². The van der Waals surface area contributed by atoms with Crippen molar-refractivity contribution in [1.82, 2.24) is 9.80 Å². The predicted octanol–water partition coefficient (Wildman–Crippen LogP) is 1.68. The molecule has 2 N–H and O–H groups in total. The van der Waals surface area contributed by atoms with Gasteiger partial charge in [0.05, 0.1) is 0 Å². The number of carbonyl (C=O) groups is 3. The van der Waals surface area contributed by atoms with Crippen LogP contribution in [0, 0.1) is 16.7 Å². The van der Waals surface area contributed by atoms with Crippen LogP contribution in [0.15, 0.2) is 30.3 Å². The highest BCUT2D eigenvalue weighted by molar-refractivity contribution is 5.96. The second-order valence-electron chi connectivity index (χ2n) is 8.61. The second-order valence-corrected chi connectivity index (χ2v) is 8.61. The van der Waals surface area contributed by atoms with Gasteiger partial charge < -0.3 is 15.1 Å². The third kappa shape index (κ3) is 3.07. The van der Waals surface area contributed by atoms with Crippen molar-refractivity contribution in [1.29, 1.82) is 0 Å². The summed E-state index contributed by atoms with van der Waals surface area (Å²) < 4.78 is 0. The van der Waals surface area contributed by atoms with Crippen LogP contribution >= 0.6 is 0 Å². The predicted molar refractivity (Wildman–Crippen MR) is 100 cm³/mol. The summed E-state index contributed by atoms with van der Waals surface area (Å²) in [5.41, 5.74) is -1.28. The minimum atomic E-state index is -1.28. The summed E-state index contributed by atoms with van der Waals surface area (Å²) in [6.07, 6.45) is 2.37. The Hall–Kier alpha value is -2.41. The van der Waals surface area contributed by atoms with Gasteiger partial charge in [0.1, 0.15) is 10.8 Å². The van der Waals surface area contributed by atoms with Gasteiger partial charge in [-0.3, -0.25) is 19.3 Å². The fourth-order valence-corrected chi connectivity index (χ4v) is 5.03. The molecule has 1 saturated carbocycles. The van der Waals surface area contributed by atoms with Gasteiger partial charge in [-0.1, -0.05) is 30.3 Å². The molecule has 1 aromatic rings. The minimum Gasteiger partial charge on any atom is -0.481 e. The molecule has 7 nitrogen and oxygen atoms in total. The molecule has 2 heterocycles.